The molecule has 0 unspecified atom stereocenters. The van der Waals surface area contributed by atoms with E-state index in [0.29, 0.717) is 18.1 Å². The van der Waals surface area contributed by atoms with Gasteiger partial charge in [-0.3, -0.25) is 0 Å². The third-order valence-electron chi connectivity index (χ3n) is 1.71. The second-order valence-corrected chi connectivity index (χ2v) is 4.80. The molecule has 0 saturated heterocycles. The molecule has 0 aromatic heterocycles. The van der Waals surface area contributed by atoms with Gasteiger partial charge in [0, 0.05) is 17.7 Å². The summed E-state index contributed by atoms with van der Waals surface area (Å²) in [5.74, 6) is 0.863. The lowest BCUT2D eigenvalue weighted by Crippen LogP contribution is -2.39. The van der Waals surface area contributed by atoms with Crippen molar-refractivity contribution < 1.29 is 14.7 Å². The van der Waals surface area contributed by atoms with Gasteiger partial charge in [-0.05, 0) is 26.8 Å². The molecular formula is C12H27NO3S. The fourth-order valence-corrected chi connectivity index (χ4v) is 0.272. The molecule has 0 fully saturated rings. The highest BCUT2D eigenvalue weighted by atomic mass is 32.1. The van der Waals surface area contributed by atoms with E-state index >= 15 is 0 Å². The predicted octanol–water partition coefficient (Wildman–Crippen LogP) is 1.32. The van der Waals surface area contributed by atoms with Crippen molar-refractivity contribution in [2.75, 3.05) is 19.4 Å². The summed E-state index contributed by atoms with van der Waals surface area (Å²) < 4.78 is 0. The molecule has 0 bridgehead atoms. The Hall–Kier alpha value is -0.390. The van der Waals surface area contributed by atoms with Gasteiger partial charge in [-0.15, -0.1) is 0 Å². The van der Waals surface area contributed by atoms with Crippen LogP contribution in [0.5, 0.6) is 0 Å². The molecule has 0 saturated carbocycles. The Morgan fingerprint density at radius 3 is 1.71 bits per heavy atom. The Morgan fingerprint density at radius 2 is 1.71 bits per heavy atom. The topological polar surface area (TPSA) is 66.4 Å². The third kappa shape index (κ3) is 31.3. The fourth-order valence-electron chi connectivity index (χ4n) is 0.272. The van der Waals surface area contributed by atoms with Crippen LogP contribution in [0.15, 0.2) is 0 Å². The zero-order chi connectivity index (χ0) is 14.3. The zero-order valence-corrected chi connectivity index (χ0v) is 12.5. The molecule has 0 aliphatic heterocycles. The van der Waals surface area contributed by atoms with Crippen molar-refractivity contribution in [3.05, 3.63) is 0 Å². The number of rotatable bonds is 5. The molecule has 5 heteroatoms. The average molecular weight is 265 g/mol. The standard InChI is InChI=1S/C5H13NO.C5H10O.C2H4OS/c1-5(2,4-7)6-3;1-5(2)3-4-6;3-1-2-4/h6-7H,4H2,1-3H3;4-5H,3H2,1-2H3;1,4H,2H2. The average Bonchev–Trinajstić information content (AvgIpc) is 2.30. The van der Waals surface area contributed by atoms with Crippen LogP contribution < -0.4 is 5.32 Å². The molecule has 0 amide bonds. The second kappa shape index (κ2) is 15.6. The summed E-state index contributed by atoms with van der Waals surface area (Å²) in [5.41, 5.74) is -0.111. The monoisotopic (exact) mass is 265 g/mol. The number of hydrogen-bond donors (Lipinski definition) is 3. The van der Waals surface area contributed by atoms with Crippen LogP contribution >= 0.6 is 12.6 Å². The summed E-state index contributed by atoms with van der Waals surface area (Å²) in [6.45, 7) is 8.10. The van der Waals surface area contributed by atoms with Crippen molar-refractivity contribution in [2.45, 2.75) is 39.7 Å². The van der Waals surface area contributed by atoms with E-state index < -0.39 is 0 Å². The van der Waals surface area contributed by atoms with Crippen LogP contribution in [-0.4, -0.2) is 42.6 Å². The molecule has 0 aromatic carbocycles. The quantitative estimate of drug-likeness (QED) is 0.518. The van der Waals surface area contributed by atoms with Gasteiger partial charge in [0.05, 0.1) is 6.61 Å². The number of aliphatic hydroxyl groups is 1. The minimum Gasteiger partial charge on any atom is -0.394 e. The Bertz CT molecular complexity index is 167. The first-order valence-corrected chi connectivity index (χ1v) is 6.22. The van der Waals surface area contributed by atoms with Gasteiger partial charge in [-0.1, -0.05) is 13.8 Å². The number of carbonyl (C=O) groups excluding carboxylic acids is 2. The summed E-state index contributed by atoms with van der Waals surface area (Å²) >= 11 is 3.55. The van der Waals surface area contributed by atoms with Gasteiger partial charge in [-0.25, -0.2) is 0 Å². The van der Waals surface area contributed by atoms with Crippen molar-refractivity contribution in [3.63, 3.8) is 0 Å². The molecule has 0 radical (unpaired) electrons. The lowest BCUT2D eigenvalue weighted by atomic mass is 10.1. The number of nitrogens with one attached hydrogen (secondary N) is 1. The van der Waals surface area contributed by atoms with Crippen LogP contribution in [-0.2, 0) is 9.59 Å². The fraction of sp³-hybridized carbons (Fsp3) is 0.833. The van der Waals surface area contributed by atoms with Gasteiger partial charge in [0.1, 0.15) is 12.6 Å². The molecule has 0 rings (SSSR count). The van der Waals surface area contributed by atoms with Crippen molar-refractivity contribution in [3.8, 4) is 0 Å². The summed E-state index contributed by atoms with van der Waals surface area (Å²) in [4.78, 5) is 18.7. The molecule has 0 spiro atoms. The highest BCUT2D eigenvalue weighted by Crippen LogP contribution is 1.95. The van der Waals surface area contributed by atoms with Crippen molar-refractivity contribution >= 4 is 25.2 Å². The maximum absolute atomic E-state index is 9.62. The van der Waals surface area contributed by atoms with Crippen LogP contribution in [0.4, 0.5) is 0 Å². The van der Waals surface area contributed by atoms with Crippen LogP contribution in [0.2, 0.25) is 0 Å². The first kappa shape index (κ1) is 21.9. The van der Waals surface area contributed by atoms with Crippen LogP contribution in [0.3, 0.4) is 0 Å². The molecule has 2 N–H and O–H groups in total. The smallest absolute Gasteiger partial charge is 0.129 e. The van der Waals surface area contributed by atoms with E-state index in [0.717, 1.165) is 12.6 Å². The molecular weight excluding hydrogens is 238 g/mol. The van der Waals surface area contributed by atoms with E-state index in [1.54, 1.807) is 0 Å². The van der Waals surface area contributed by atoms with Gasteiger partial charge in [0.15, 0.2) is 0 Å². The number of carbonyl (C=O) groups is 2. The van der Waals surface area contributed by atoms with E-state index in [-0.39, 0.29) is 12.1 Å². The van der Waals surface area contributed by atoms with Gasteiger partial charge in [-0.2, -0.15) is 12.6 Å². The van der Waals surface area contributed by atoms with E-state index in [2.05, 4.69) is 17.9 Å². The maximum atomic E-state index is 9.62. The molecule has 0 aliphatic rings. The van der Waals surface area contributed by atoms with Crippen molar-refractivity contribution in [2.24, 2.45) is 5.92 Å². The minimum atomic E-state index is -0.111. The van der Waals surface area contributed by atoms with Gasteiger partial charge in [0.2, 0.25) is 0 Å². The van der Waals surface area contributed by atoms with Crippen LogP contribution in [0.1, 0.15) is 34.1 Å². The van der Waals surface area contributed by atoms with Crippen molar-refractivity contribution in [1.29, 1.82) is 0 Å². The largest absolute Gasteiger partial charge is 0.394 e. The molecule has 4 nitrogen and oxygen atoms in total. The number of aliphatic hydroxyl groups excluding tert-OH is 1. The van der Waals surface area contributed by atoms with E-state index in [9.17, 15) is 4.79 Å². The lowest BCUT2D eigenvalue weighted by molar-refractivity contribution is -0.108. The van der Waals surface area contributed by atoms with Crippen LogP contribution in [0, 0.1) is 5.92 Å². The first-order chi connectivity index (χ1) is 7.81. The third-order valence-corrected chi connectivity index (χ3v) is 1.86. The number of hydrogen-bond acceptors (Lipinski definition) is 5. The number of likely N-dealkylation sites (N-methyl/N-ethyl adjacent to an activating group) is 1. The number of aldehydes is 2. The highest BCUT2D eigenvalue weighted by Gasteiger charge is 2.10. The van der Waals surface area contributed by atoms with E-state index in [1.807, 2.05) is 34.7 Å². The molecule has 0 atom stereocenters. The minimum absolute atomic E-state index is 0.111. The molecule has 17 heavy (non-hydrogen) atoms. The summed E-state index contributed by atoms with van der Waals surface area (Å²) in [5, 5.41) is 11.5. The Morgan fingerprint density at radius 1 is 1.29 bits per heavy atom. The number of thiol groups is 1. The van der Waals surface area contributed by atoms with Gasteiger partial charge in [0.25, 0.3) is 0 Å². The lowest BCUT2D eigenvalue weighted by Gasteiger charge is -2.19. The Labute approximate surface area is 111 Å². The first-order valence-electron chi connectivity index (χ1n) is 5.59. The molecule has 104 valence electrons. The van der Waals surface area contributed by atoms with Crippen LogP contribution in [0.25, 0.3) is 0 Å². The Kier molecular flexibility index (Phi) is 20.1. The second-order valence-electron chi connectivity index (χ2n) is 4.44. The molecule has 0 aliphatic carbocycles. The maximum Gasteiger partial charge on any atom is 0.129 e. The van der Waals surface area contributed by atoms with Gasteiger partial charge < -0.3 is 20.0 Å². The zero-order valence-electron chi connectivity index (χ0n) is 11.6. The normalized spacial score (nSPS) is 9.65. The SMILES string of the molecule is CC(C)CC=O.CNC(C)(C)CO.O=CCS. The molecule has 0 heterocycles. The predicted molar refractivity (Wildman–Crippen MR) is 75.7 cm³/mol. The molecule has 0 aromatic rings. The van der Waals surface area contributed by atoms with E-state index in [1.165, 1.54) is 0 Å². The summed E-state index contributed by atoms with van der Waals surface area (Å²) in [6, 6.07) is 0. The highest BCUT2D eigenvalue weighted by molar-refractivity contribution is 7.80. The van der Waals surface area contributed by atoms with Gasteiger partial charge >= 0.3 is 0 Å². The Balaban J connectivity index is -0.000000180. The summed E-state index contributed by atoms with van der Waals surface area (Å²) in [7, 11) is 1.83. The summed E-state index contributed by atoms with van der Waals surface area (Å²) in [6.07, 6.45) is 2.38. The van der Waals surface area contributed by atoms with E-state index in [4.69, 9.17) is 9.90 Å². The van der Waals surface area contributed by atoms with Crippen molar-refractivity contribution in [1.82, 2.24) is 5.32 Å².